The quantitative estimate of drug-likeness (QED) is 0.684. The molecule has 2 aromatic heterocycles. The van der Waals surface area contributed by atoms with Crippen LogP contribution in [-0.2, 0) is 16.3 Å². The van der Waals surface area contributed by atoms with Crippen molar-refractivity contribution in [2.45, 2.75) is 16.3 Å². The summed E-state index contributed by atoms with van der Waals surface area (Å²) in [5, 5.41) is 3.75. The largest absolute Gasteiger partial charge is 0.369 e. The normalized spacial score (nSPS) is 13.7. The van der Waals surface area contributed by atoms with Crippen molar-refractivity contribution in [1.82, 2.24) is 15.0 Å². The number of para-hydroxylation sites is 1. The minimum absolute atomic E-state index is 0.0387. The van der Waals surface area contributed by atoms with Crippen molar-refractivity contribution >= 4 is 32.5 Å². The van der Waals surface area contributed by atoms with Crippen LogP contribution in [0.5, 0.6) is 0 Å². The lowest BCUT2D eigenvalue weighted by Gasteiger charge is -2.10. The molecule has 3 aromatic rings. The second kappa shape index (κ2) is 4.88. The lowest BCUT2D eigenvalue weighted by atomic mass is 10.2. The van der Waals surface area contributed by atoms with Gasteiger partial charge in [0.25, 0.3) is 0 Å². The van der Waals surface area contributed by atoms with Gasteiger partial charge in [-0.15, -0.1) is 0 Å². The molecule has 0 radical (unpaired) electrons. The Morgan fingerprint density at radius 3 is 2.83 bits per heavy atom. The van der Waals surface area contributed by atoms with Crippen molar-refractivity contribution in [3.8, 4) is 0 Å². The summed E-state index contributed by atoms with van der Waals surface area (Å²) in [5.41, 5.74) is 6.68. The molecule has 7 nitrogen and oxygen atoms in total. The predicted molar refractivity (Wildman–Crippen MR) is 85.8 cm³/mol. The zero-order valence-corrected chi connectivity index (χ0v) is 12.8. The number of hydrogen-bond acceptors (Lipinski definition) is 7. The van der Waals surface area contributed by atoms with E-state index in [4.69, 9.17) is 5.73 Å². The number of aromatic nitrogens is 3. The molecule has 1 aliphatic heterocycles. The van der Waals surface area contributed by atoms with E-state index in [2.05, 4.69) is 20.3 Å². The summed E-state index contributed by atoms with van der Waals surface area (Å²) in [4.78, 5) is 12.4. The number of pyridine rings is 1. The standard InChI is InChI=1S/C15H13N5O2S/c16-15-19-13-10(6-8-18-13)14(20-15)23(21,22)11-5-1-3-9-4-2-7-17-12(9)11/h1-5,7H,6,8H2,(H3,16,18,19,20). The second-order valence-electron chi connectivity index (χ2n) is 5.23. The molecule has 116 valence electrons. The van der Waals surface area contributed by atoms with Gasteiger partial charge in [-0.3, -0.25) is 4.98 Å². The fourth-order valence-electron chi connectivity index (χ4n) is 2.78. The highest BCUT2D eigenvalue weighted by Crippen LogP contribution is 2.32. The van der Waals surface area contributed by atoms with Crippen LogP contribution in [0.1, 0.15) is 5.56 Å². The highest BCUT2D eigenvalue weighted by atomic mass is 32.2. The van der Waals surface area contributed by atoms with Crippen LogP contribution in [0.4, 0.5) is 11.8 Å². The van der Waals surface area contributed by atoms with Gasteiger partial charge in [0.05, 0.1) is 10.4 Å². The van der Waals surface area contributed by atoms with Crippen molar-refractivity contribution < 1.29 is 8.42 Å². The van der Waals surface area contributed by atoms with E-state index < -0.39 is 9.84 Å². The maximum atomic E-state index is 13.1. The molecule has 3 heterocycles. The fraction of sp³-hybridized carbons (Fsp3) is 0.133. The average molecular weight is 327 g/mol. The van der Waals surface area contributed by atoms with E-state index in [1.807, 2.05) is 12.1 Å². The average Bonchev–Trinajstić information content (AvgIpc) is 3.01. The summed E-state index contributed by atoms with van der Waals surface area (Å²) in [7, 11) is -3.85. The Hall–Kier alpha value is -2.74. The maximum absolute atomic E-state index is 13.1. The van der Waals surface area contributed by atoms with Gasteiger partial charge in [0.2, 0.25) is 15.8 Å². The number of nitrogens with two attached hydrogens (primary N) is 1. The number of anilines is 2. The van der Waals surface area contributed by atoms with Crippen LogP contribution in [-0.4, -0.2) is 29.9 Å². The molecular weight excluding hydrogens is 314 g/mol. The number of sulfone groups is 1. The Balaban J connectivity index is 2.02. The summed E-state index contributed by atoms with van der Waals surface area (Å²) < 4.78 is 26.3. The molecule has 0 atom stereocenters. The van der Waals surface area contributed by atoms with Crippen LogP contribution in [0, 0.1) is 0 Å². The first-order chi connectivity index (χ1) is 11.1. The Bertz CT molecular complexity index is 1030. The van der Waals surface area contributed by atoms with Crippen molar-refractivity contribution in [2.75, 3.05) is 17.6 Å². The zero-order chi connectivity index (χ0) is 16.0. The molecule has 8 heteroatoms. The van der Waals surface area contributed by atoms with E-state index in [0.717, 1.165) is 5.39 Å². The van der Waals surface area contributed by atoms with Gasteiger partial charge in [-0.25, -0.2) is 13.4 Å². The predicted octanol–water partition coefficient (Wildman–Crippen LogP) is 1.41. The van der Waals surface area contributed by atoms with Crippen molar-refractivity contribution in [1.29, 1.82) is 0 Å². The lowest BCUT2D eigenvalue weighted by molar-refractivity contribution is 0.591. The van der Waals surface area contributed by atoms with E-state index in [0.29, 0.717) is 29.9 Å². The van der Waals surface area contributed by atoms with Crippen LogP contribution in [0.3, 0.4) is 0 Å². The summed E-state index contributed by atoms with van der Waals surface area (Å²) in [6.07, 6.45) is 2.12. The molecule has 0 bridgehead atoms. The van der Waals surface area contributed by atoms with Crippen LogP contribution < -0.4 is 11.1 Å². The van der Waals surface area contributed by atoms with Gasteiger partial charge in [-0.2, -0.15) is 4.98 Å². The van der Waals surface area contributed by atoms with Crippen LogP contribution >= 0.6 is 0 Å². The maximum Gasteiger partial charge on any atom is 0.226 e. The van der Waals surface area contributed by atoms with E-state index in [1.165, 1.54) is 6.07 Å². The fourth-order valence-corrected chi connectivity index (χ4v) is 4.40. The van der Waals surface area contributed by atoms with E-state index >= 15 is 0 Å². The van der Waals surface area contributed by atoms with Gasteiger partial charge < -0.3 is 11.1 Å². The van der Waals surface area contributed by atoms with Gasteiger partial charge in [-0.1, -0.05) is 18.2 Å². The Morgan fingerprint density at radius 2 is 1.96 bits per heavy atom. The first-order valence-electron chi connectivity index (χ1n) is 7.06. The smallest absolute Gasteiger partial charge is 0.226 e. The molecule has 0 fully saturated rings. The SMILES string of the molecule is Nc1nc2c(c(S(=O)(=O)c3cccc4cccnc34)n1)CCN2. The number of nitrogen functional groups attached to an aromatic ring is 1. The Morgan fingerprint density at radius 1 is 1.13 bits per heavy atom. The molecule has 1 aromatic carbocycles. The van der Waals surface area contributed by atoms with E-state index in [9.17, 15) is 8.42 Å². The summed E-state index contributed by atoms with van der Waals surface area (Å²) >= 11 is 0. The Kier molecular flexibility index (Phi) is 2.95. The molecule has 3 N–H and O–H groups in total. The van der Waals surface area contributed by atoms with Gasteiger partial charge in [0, 0.05) is 23.7 Å². The third kappa shape index (κ3) is 2.10. The molecule has 23 heavy (non-hydrogen) atoms. The molecule has 0 unspecified atom stereocenters. The van der Waals surface area contributed by atoms with Gasteiger partial charge in [0.15, 0.2) is 5.03 Å². The number of fused-ring (bicyclic) bond motifs is 2. The Labute approximate surface area is 132 Å². The van der Waals surface area contributed by atoms with Gasteiger partial charge in [0.1, 0.15) is 5.82 Å². The first-order valence-corrected chi connectivity index (χ1v) is 8.55. The highest BCUT2D eigenvalue weighted by molar-refractivity contribution is 7.91. The van der Waals surface area contributed by atoms with Crippen molar-refractivity contribution in [3.05, 3.63) is 42.1 Å². The topological polar surface area (TPSA) is 111 Å². The number of nitrogens with one attached hydrogen (secondary N) is 1. The minimum atomic E-state index is -3.85. The minimum Gasteiger partial charge on any atom is -0.369 e. The van der Waals surface area contributed by atoms with Gasteiger partial charge in [-0.05, 0) is 18.6 Å². The van der Waals surface area contributed by atoms with Crippen molar-refractivity contribution in [3.63, 3.8) is 0 Å². The third-order valence-corrected chi connectivity index (χ3v) is 5.55. The number of benzene rings is 1. The van der Waals surface area contributed by atoms with Crippen LogP contribution in [0.25, 0.3) is 10.9 Å². The van der Waals surface area contributed by atoms with Gasteiger partial charge >= 0.3 is 0 Å². The summed E-state index contributed by atoms with van der Waals surface area (Å²) in [6.45, 7) is 0.615. The summed E-state index contributed by atoms with van der Waals surface area (Å²) in [5.74, 6) is 0.425. The first kappa shape index (κ1) is 13.9. The zero-order valence-electron chi connectivity index (χ0n) is 12.0. The number of rotatable bonds is 2. The lowest BCUT2D eigenvalue weighted by Crippen LogP contribution is -2.11. The molecule has 0 aliphatic carbocycles. The molecule has 0 saturated carbocycles. The molecule has 1 aliphatic rings. The molecule has 4 rings (SSSR count). The third-order valence-electron chi connectivity index (χ3n) is 3.79. The second-order valence-corrected chi connectivity index (χ2v) is 7.06. The molecule has 0 spiro atoms. The number of nitrogens with zero attached hydrogens (tertiary/aromatic N) is 3. The van der Waals surface area contributed by atoms with Crippen LogP contribution in [0.15, 0.2) is 46.5 Å². The molecule has 0 saturated heterocycles. The monoisotopic (exact) mass is 327 g/mol. The molecular formula is C15H13N5O2S. The van der Waals surface area contributed by atoms with E-state index in [-0.39, 0.29) is 15.9 Å². The molecule has 0 amide bonds. The van der Waals surface area contributed by atoms with Crippen molar-refractivity contribution in [2.24, 2.45) is 0 Å². The number of hydrogen-bond donors (Lipinski definition) is 2. The highest BCUT2D eigenvalue weighted by Gasteiger charge is 2.30. The van der Waals surface area contributed by atoms with E-state index in [1.54, 1.807) is 18.3 Å². The van der Waals surface area contributed by atoms with Crippen LogP contribution in [0.2, 0.25) is 0 Å². The summed E-state index contributed by atoms with van der Waals surface area (Å²) in [6, 6.07) is 8.64.